The molecule has 0 bridgehead atoms. The normalized spacial score (nSPS) is 11.4. The molecule has 52 heavy (non-hydrogen) atoms. The van der Waals surface area contributed by atoms with Crippen molar-refractivity contribution >= 4 is 55.6 Å². The molecule has 6 nitrogen and oxygen atoms in total. The lowest BCUT2D eigenvalue weighted by atomic mass is 10.1. The number of nitrogens with zero attached hydrogens (tertiary/aromatic N) is 2. The Morgan fingerprint density at radius 1 is 0.423 bits per heavy atom. The van der Waals surface area contributed by atoms with Gasteiger partial charge in [-0.3, -0.25) is 0 Å². The van der Waals surface area contributed by atoms with E-state index in [0.717, 1.165) is 33.4 Å². The van der Waals surface area contributed by atoms with Gasteiger partial charge in [0.15, 0.2) is 0 Å². The van der Waals surface area contributed by atoms with E-state index in [1.54, 1.807) is 0 Å². The number of hydrogen-bond donors (Lipinski definition) is 0. The monoisotopic (exact) mass is 674 g/mol. The van der Waals surface area contributed by atoms with Gasteiger partial charge in [-0.05, 0) is 72.8 Å². The van der Waals surface area contributed by atoms with E-state index in [1.165, 1.54) is 35.8 Å². The maximum atomic E-state index is 13.0. The Kier molecular flexibility index (Phi) is 8.33. The van der Waals surface area contributed by atoms with E-state index in [-0.39, 0.29) is 11.1 Å². The van der Waals surface area contributed by atoms with Gasteiger partial charge in [0.1, 0.15) is 11.1 Å². The zero-order valence-electron chi connectivity index (χ0n) is 28.4. The molecule has 248 valence electrons. The van der Waals surface area contributed by atoms with Gasteiger partial charge in [0.2, 0.25) is 0 Å². The molecule has 0 unspecified atom stereocenters. The Labute approximate surface area is 300 Å². The first-order chi connectivity index (χ1) is 25.6. The Morgan fingerprint density at radius 2 is 0.712 bits per heavy atom. The molecule has 0 radical (unpaired) electrons. The third-order valence-electron chi connectivity index (χ3n) is 9.10. The van der Waals surface area contributed by atoms with E-state index in [9.17, 15) is 9.59 Å². The summed E-state index contributed by atoms with van der Waals surface area (Å²) in [5.74, 6) is 10.2. The van der Waals surface area contributed by atoms with E-state index in [0.29, 0.717) is 11.1 Å². The van der Waals surface area contributed by atoms with Gasteiger partial charge < -0.3 is 18.6 Å². The van der Waals surface area contributed by atoms with Crippen molar-refractivity contribution in [1.29, 1.82) is 0 Å². The topological polar surface area (TPSA) is 62.5 Å². The number of carbonyl (C=O) groups excluding carboxylic acids is 2. The van der Waals surface area contributed by atoms with Crippen molar-refractivity contribution in [2.45, 2.75) is 0 Å². The predicted molar refractivity (Wildman–Crippen MR) is 206 cm³/mol. The van der Waals surface area contributed by atoms with Crippen LogP contribution >= 0.6 is 0 Å². The van der Waals surface area contributed by atoms with Crippen molar-refractivity contribution in [3.63, 3.8) is 0 Å². The second-order valence-corrected chi connectivity index (χ2v) is 12.1. The molecule has 8 aromatic rings. The predicted octanol–water partition coefficient (Wildman–Crippen LogP) is 8.93. The number of carbonyl (C=O) groups is 2. The van der Waals surface area contributed by atoms with Crippen LogP contribution in [0.2, 0.25) is 0 Å². The summed E-state index contributed by atoms with van der Waals surface area (Å²) >= 11 is 0. The number of methoxy groups -OCH3 is 2. The van der Waals surface area contributed by atoms with E-state index >= 15 is 0 Å². The van der Waals surface area contributed by atoms with Gasteiger partial charge in [-0.2, -0.15) is 0 Å². The first-order valence-corrected chi connectivity index (χ1v) is 16.7. The Balaban J connectivity index is 1.13. The summed E-state index contributed by atoms with van der Waals surface area (Å²) in [7, 11) is 2.47. The number of para-hydroxylation sites is 4. The van der Waals surface area contributed by atoms with Gasteiger partial charge in [-0.1, -0.05) is 96.5 Å². The zero-order valence-corrected chi connectivity index (χ0v) is 28.4. The highest BCUT2D eigenvalue weighted by atomic mass is 16.5. The van der Waals surface area contributed by atoms with Crippen molar-refractivity contribution in [3.05, 3.63) is 168 Å². The summed E-state index contributed by atoms with van der Waals surface area (Å²) in [5, 5.41) is 4.69. The lowest BCUT2D eigenvalue weighted by Crippen LogP contribution is -2.13. The summed E-state index contributed by atoms with van der Waals surface area (Å²) in [6.45, 7) is 0. The number of aromatic nitrogens is 2. The molecule has 0 saturated heterocycles. The zero-order chi connectivity index (χ0) is 35.6. The number of rotatable bonds is 4. The van der Waals surface area contributed by atoms with Crippen LogP contribution in [0.1, 0.15) is 11.1 Å². The Bertz CT molecular complexity index is 2540. The van der Waals surface area contributed by atoms with E-state index < -0.39 is 11.9 Å². The molecule has 6 heteroatoms. The molecule has 0 aliphatic rings. The molecule has 2 aromatic heterocycles. The van der Waals surface area contributed by atoms with Gasteiger partial charge in [0, 0.05) is 44.0 Å². The first-order valence-electron chi connectivity index (χ1n) is 16.7. The minimum atomic E-state index is -0.786. The molecular weight excluding hydrogens is 645 g/mol. The van der Waals surface area contributed by atoms with Gasteiger partial charge >= 0.3 is 11.9 Å². The van der Waals surface area contributed by atoms with Crippen LogP contribution < -0.4 is 0 Å². The lowest BCUT2D eigenvalue weighted by molar-refractivity contribution is -0.138. The fourth-order valence-corrected chi connectivity index (χ4v) is 6.69. The molecule has 0 fully saturated rings. The van der Waals surface area contributed by atoms with Gasteiger partial charge in [0.25, 0.3) is 0 Å². The molecule has 0 aliphatic carbocycles. The summed E-state index contributed by atoms with van der Waals surface area (Å²) in [5.41, 5.74) is 7.25. The number of ether oxygens (including phenoxy) is 2. The molecule has 2 heterocycles. The van der Waals surface area contributed by atoms with E-state index in [1.807, 2.05) is 97.1 Å². The lowest BCUT2D eigenvalue weighted by Gasteiger charge is -2.08. The average molecular weight is 675 g/mol. The van der Waals surface area contributed by atoms with E-state index in [4.69, 9.17) is 9.47 Å². The second kappa shape index (κ2) is 13.6. The van der Waals surface area contributed by atoms with Crippen LogP contribution in [0.25, 0.3) is 55.0 Å². The molecule has 0 atom stereocenters. The van der Waals surface area contributed by atoms with Gasteiger partial charge in [0.05, 0.1) is 36.3 Å². The Morgan fingerprint density at radius 3 is 1.00 bits per heavy atom. The van der Waals surface area contributed by atoms with Crippen LogP contribution in [-0.2, 0) is 19.1 Å². The minimum Gasteiger partial charge on any atom is -0.465 e. The molecule has 6 aromatic carbocycles. The highest BCUT2D eigenvalue weighted by molar-refractivity contribution is 6.10. The second-order valence-electron chi connectivity index (χ2n) is 12.1. The third kappa shape index (κ3) is 5.65. The number of hydrogen-bond acceptors (Lipinski definition) is 4. The maximum Gasteiger partial charge on any atom is 0.348 e. The van der Waals surface area contributed by atoms with Crippen LogP contribution in [-0.4, -0.2) is 35.3 Å². The quantitative estimate of drug-likeness (QED) is 0.106. The fourth-order valence-electron chi connectivity index (χ4n) is 6.69. The van der Waals surface area contributed by atoms with Gasteiger partial charge in [-0.15, -0.1) is 0 Å². The fraction of sp³-hybridized carbons (Fsp3) is 0.0435. The molecule has 8 rings (SSSR count). The third-order valence-corrected chi connectivity index (χ3v) is 9.10. The number of esters is 2. The summed E-state index contributed by atoms with van der Waals surface area (Å²) < 4.78 is 14.5. The van der Waals surface area contributed by atoms with Crippen molar-refractivity contribution in [1.82, 2.24) is 9.13 Å². The summed E-state index contributed by atoms with van der Waals surface area (Å²) in [6.07, 6.45) is 0. The minimum absolute atomic E-state index is 0.185. The van der Waals surface area contributed by atoms with Crippen LogP contribution in [0.15, 0.2) is 157 Å². The molecule has 0 N–H and O–H groups in total. The van der Waals surface area contributed by atoms with E-state index in [2.05, 4.69) is 81.3 Å². The largest absolute Gasteiger partial charge is 0.465 e. The SMILES string of the molecule is COC(=O)/C(C#Cc1ccc(-n2c3ccccc3c3ccccc32)cc1)=C(\C#Cc1ccc(-n2c3ccccc3c3ccccc32)cc1)C(=O)OC. The number of fused-ring (bicyclic) bond motifs is 6. The maximum absolute atomic E-state index is 13.0. The molecular formula is C46H30N2O4. The van der Waals surface area contributed by atoms with Crippen molar-refractivity contribution in [2.75, 3.05) is 14.2 Å². The smallest absolute Gasteiger partial charge is 0.348 e. The molecule has 0 spiro atoms. The standard InChI is InChI=1S/C46H30N2O4/c1-51-45(49)39(29-23-31-19-25-33(26-20-31)47-41-15-7-3-11-35(41)36-12-4-8-16-42(36)47)40(46(50)52-2)30-24-32-21-27-34(28-22-32)48-43-17-9-5-13-37(43)38-14-6-10-18-44(38)48/h3-22,25-28H,1-2H3/b40-39+. The summed E-state index contributed by atoms with van der Waals surface area (Å²) in [6, 6.07) is 48.6. The average Bonchev–Trinajstić information content (AvgIpc) is 3.72. The molecule has 0 saturated carbocycles. The van der Waals surface area contributed by atoms with Gasteiger partial charge in [-0.25, -0.2) is 9.59 Å². The van der Waals surface area contributed by atoms with Crippen molar-refractivity contribution < 1.29 is 19.1 Å². The first kappa shape index (κ1) is 32.0. The Hall–Kier alpha value is -7.28. The van der Waals surface area contributed by atoms with Crippen LogP contribution in [0.5, 0.6) is 0 Å². The van der Waals surface area contributed by atoms with Crippen LogP contribution in [0.3, 0.4) is 0 Å². The van der Waals surface area contributed by atoms with Crippen LogP contribution in [0.4, 0.5) is 0 Å². The molecule has 0 amide bonds. The number of benzene rings is 6. The highest BCUT2D eigenvalue weighted by Gasteiger charge is 2.20. The molecule has 0 aliphatic heterocycles. The van der Waals surface area contributed by atoms with Crippen molar-refractivity contribution in [2.24, 2.45) is 0 Å². The van der Waals surface area contributed by atoms with Crippen molar-refractivity contribution in [3.8, 4) is 35.1 Å². The summed E-state index contributed by atoms with van der Waals surface area (Å²) in [4.78, 5) is 26.0. The van der Waals surface area contributed by atoms with Crippen LogP contribution in [0, 0.1) is 23.7 Å². The highest BCUT2D eigenvalue weighted by Crippen LogP contribution is 2.33.